The van der Waals surface area contributed by atoms with Crippen molar-refractivity contribution in [2.45, 2.75) is 11.8 Å². The van der Waals surface area contributed by atoms with Crippen molar-refractivity contribution < 1.29 is 23.1 Å². The molecule has 7 heteroatoms. The molecule has 3 N–H and O–H groups in total. The first kappa shape index (κ1) is 16.3. The molecule has 0 saturated heterocycles. The van der Waals surface area contributed by atoms with Gasteiger partial charge in [0.05, 0.1) is 10.6 Å². The number of amides is 1. The molecule has 0 fully saturated rings. The SMILES string of the molecule is NC(=O)C(O)(c1ccccc1)c1ccc(Cl)c(C(F)(F)F)c1. The van der Waals surface area contributed by atoms with Crippen LogP contribution in [0.2, 0.25) is 5.02 Å². The maximum atomic E-state index is 12.9. The Hall–Kier alpha value is -2.05. The fourth-order valence-electron chi connectivity index (χ4n) is 2.10. The maximum Gasteiger partial charge on any atom is 0.417 e. The van der Waals surface area contributed by atoms with E-state index in [1.807, 2.05) is 0 Å². The van der Waals surface area contributed by atoms with Gasteiger partial charge in [-0.15, -0.1) is 0 Å². The normalized spacial score (nSPS) is 14.4. The van der Waals surface area contributed by atoms with E-state index in [2.05, 4.69) is 0 Å². The number of hydrogen-bond acceptors (Lipinski definition) is 2. The zero-order chi connectivity index (χ0) is 16.5. The average molecular weight is 330 g/mol. The van der Waals surface area contributed by atoms with Gasteiger partial charge >= 0.3 is 6.18 Å². The van der Waals surface area contributed by atoms with Crippen LogP contribution in [0.25, 0.3) is 0 Å². The summed E-state index contributed by atoms with van der Waals surface area (Å²) in [5, 5.41) is 10.1. The third-order valence-electron chi connectivity index (χ3n) is 3.24. The summed E-state index contributed by atoms with van der Waals surface area (Å²) in [5.74, 6) is -1.19. The maximum absolute atomic E-state index is 12.9. The molecule has 0 radical (unpaired) electrons. The minimum absolute atomic E-state index is 0.0675. The molecule has 1 amide bonds. The summed E-state index contributed by atoms with van der Waals surface area (Å²) in [5.41, 5.74) is 1.46. The van der Waals surface area contributed by atoms with Crippen LogP contribution in [-0.2, 0) is 16.6 Å². The highest BCUT2D eigenvalue weighted by Crippen LogP contribution is 2.38. The van der Waals surface area contributed by atoms with Crippen LogP contribution in [0, 0.1) is 0 Å². The van der Waals surface area contributed by atoms with Crippen LogP contribution in [0.3, 0.4) is 0 Å². The number of hydrogen-bond donors (Lipinski definition) is 2. The van der Waals surface area contributed by atoms with E-state index >= 15 is 0 Å². The molecule has 1 atom stereocenters. The highest BCUT2D eigenvalue weighted by atomic mass is 35.5. The summed E-state index contributed by atoms with van der Waals surface area (Å²) in [6, 6.07) is 10.2. The second-order valence-corrected chi connectivity index (χ2v) is 5.04. The summed E-state index contributed by atoms with van der Waals surface area (Å²) in [4.78, 5) is 11.7. The Bertz CT molecular complexity index is 704. The Morgan fingerprint density at radius 3 is 2.14 bits per heavy atom. The van der Waals surface area contributed by atoms with Gasteiger partial charge < -0.3 is 10.8 Å². The standard InChI is InChI=1S/C15H11ClF3NO2/c16-12-7-6-10(8-11(12)15(17,18)19)14(22,13(20)21)9-4-2-1-3-5-9/h1-8,22H,(H2,20,21). The number of alkyl halides is 3. The molecule has 0 heterocycles. The van der Waals surface area contributed by atoms with E-state index < -0.39 is 28.3 Å². The smallest absolute Gasteiger partial charge is 0.372 e. The molecule has 2 aromatic carbocycles. The van der Waals surface area contributed by atoms with Gasteiger partial charge in [-0.2, -0.15) is 13.2 Å². The zero-order valence-corrected chi connectivity index (χ0v) is 11.8. The van der Waals surface area contributed by atoms with Crippen LogP contribution >= 0.6 is 11.6 Å². The highest BCUT2D eigenvalue weighted by molar-refractivity contribution is 6.31. The number of carbonyl (C=O) groups excluding carboxylic acids is 1. The van der Waals surface area contributed by atoms with Crippen molar-refractivity contribution in [3.05, 3.63) is 70.2 Å². The van der Waals surface area contributed by atoms with Gasteiger partial charge in [-0.3, -0.25) is 4.79 Å². The van der Waals surface area contributed by atoms with Crippen molar-refractivity contribution >= 4 is 17.5 Å². The Balaban J connectivity index is 2.68. The minimum Gasteiger partial charge on any atom is -0.372 e. The number of aliphatic hydroxyl groups is 1. The largest absolute Gasteiger partial charge is 0.417 e. The van der Waals surface area contributed by atoms with Gasteiger partial charge in [0.2, 0.25) is 0 Å². The van der Waals surface area contributed by atoms with Crippen LogP contribution in [0.1, 0.15) is 16.7 Å². The Morgan fingerprint density at radius 2 is 1.64 bits per heavy atom. The number of halogens is 4. The molecule has 3 nitrogen and oxygen atoms in total. The predicted molar refractivity (Wildman–Crippen MR) is 75.1 cm³/mol. The van der Waals surface area contributed by atoms with E-state index in [1.54, 1.807) is 6.07 Å². The van der Waals surface area contributed by atoms with Gasteiger partial charge in [0.25, 0.3) is 5.91 Å². The van der Waals surface area contributed by atoms with E-state index in [-0.39, 0.29) is 11.1 Å². The average Bonchev–Trinajstić information content (AvgIpc) is 2.46. The first-order valence-corrected chi connectivity index (χ1v) is 6.50. The molecule has 0 aliphatic carbocycles. The molecular weight excluding hydrogens is 319 g/mol. The van der Waals surface area contributed by atoms with E-state index in [9.17, 15) is 23.1 Å². The van der Waals surface area contributed by atoms with Crippen LogP contribution in [0.15, 0.2) is 48.5 Å². The second kappa shape index (κ2) is 5.62. The van der Waals surface area contributed by atoms with Crippen LogP contribution < -0.4 is 5.73 Å². The van der Waals surface area contributed by atoms with Gasteiger partial charge in [-0.25, -0.2) is 0 Å². The van der Waals surface area contributed by atoms with E-state index in [0.29, 0.717) is 6.07 Å². The Morgan fingerprint density at radius 1 is 1.05 bits per heavy atom. The lowest BCUT2D eigenvalue weighted by atomic mass is 9.85. The van der Waals surface area contributed by atoms with Crippen LogP contribution in [0.4, 0.5) is 13.2 Å². The molecule has 0 aliphatic rings. The lowest BCUT2D eigenvalue weighted by Crippen LogP contribution is -2.42. The van der Waals surface area contributed by atoms with E-state index in [0.717, 1.165) is 12.1 Å². The second-order valence-electron chi connectivity index (χ2n) is 4.63. The molecule has 0 aliphatic heterocycles. The molecule has 0 aromatic heterocycles. The predicted octanol–water partition coefficient (Wildman–Crippen LogP) is 3.08. The van der Waals surface area contributed by atoms with Crippen molar-refractivity contribution in [3.63, 3.8) is 0 Å². The Labute approximate surface area is 129 Å². The van der Waals surface area contributed by atoms with E-state index in [4.69, 9.17) is 17.3 Å². The number of nitrogens with two attached hydrogens (primary N) is 1. The van der Waals surface area contributed by atoms with Crippen molar-refractivity contribution in [1.29, 1.82) is 0 Å². The summed E-state index contributed by atoms with van der Waals surface area (Å²) in [6.07, 6.45) is -4.72. The number of carbonyl (C=O) groups is 1. The van der Waals surface area contributed by atoms with E-state index in [1.165, 1.54) is 24.3 Å². The molecule has 22 heavy (non-hydrogen) atoms. The number of rotatable bonds is 3. The minimum atomic E-state index is -4.72. The third-order valence-corrected chi connectivity index (χ3v) is 3.57. The van der Waals surface area contributed by atoms with Crippen molar-refractivity contribution in [2.75, 3.05) is 0 Å². The van der Waals surface area contributed by atoms with Gasteiger partial charge in [0.15, 0.2) is 5.60 Å². The summed E-state index contributed by atoms with van der Waals surface area (Å²) in [7, 11) is 0. The fraction of sp³-hybridized carbons (Fsp3) is 0.133. The van der Waals surface area contributed by atoms with Crippen molar-refractivity contribution in [1.82, 2.24) is 0 Å². The van der Waals surface area contributed by atoms with Crippen molar-refractivity contribution in [3.8, 4) is 0 Å². The molecule has 0 bridgehead atoms. The monoisotopic (exact) mass is 329 g/mol. The molecule has 2 aromatic rings. The summed E-state index contributed by atoms with van der Waals surface area (Å²) in [6.45, 7) is 0. The molecular formula is C15H11ClF3NO2. The topological polar surface area (TPSA) is 63.3 Å². The third kappa shape index (κ3) is 2.80. The number of benzene rings is 2. The highest BCUT2D eigenvalue weighted by Gasteiger charge is 2.41. The van der Waals surface area contributed by atoms with Crippen LogP contribution in [-0.4, -0.2) is 11.0 Å². The van der Waals surface area contributed by atoms with Gasteiger partial charge in [-0.1, -0.05) is 48.0 Å². The van der Waals surface area contributed by atoms with Gasteiger partial charge in [0, 0.05) is 0 Å². The lowest BCUT2D eigenvalue weighted by molar-refractivity contribution is -0.138. The molecule has 1 unspecified atom stereocenters. The molecule has 0 spiro atoms. The first-order chi connectivity index (χ1) is 10.2. The summed E-state index contributed by atoms with van der Waals surface area (Å²) < 4.78 is 38.8. The van der Waals surface area contributed by atoms with Crippen molar-refractivity contribution in [2.24, 2.45) is 5.73 Å². The first-order valence-electron chi connectivity index (χ1n) is 6.12. The van der Waals surface area contributed by atoms with Gasteiger partial charge in [-0.05, 0) is 23.3 Å². The van der Waals surface area contributed by atoms with Gasteiger partial charge in [0.1, 0.15) is 0 Å². The number of primary amides is 1. The summed E-state index contributed by atoms with van der Waals surface area (Å²) >= 11 is 5.54. The van der Waals surface area contributed by atoms with Crippen LogP contribution in [0.5, 0.6) is 0 Å². The molecule has 2 rings (SSSR count). The lowest BCUT2D eigenvalue weighted by Gasteiger charge is -2.26. The molecule has 0 saturated carbocycles. The fourth-order valence-corrected chi connectivity index (χ4v) is 2.32. The zero-order valence-electron chi connectivity index (χ0n) is 11.1. The Kier molecular flexibility index (Phi) is 4.17. The quantitative estimate of drug-likeness (QED) is 0.909. The molecule has 116 valence electrons.